The summed E-state index contributed by atoms with van der Waals surface area (Å²) in [6.07, 6.45) is 6.67. The van der Waals surface area contributed by atoms with Crippen LogP contribution in [0.4, 0.5) is 0 Å². The summed E-state index contributed by atoms with van der Waals surface area (Å²) in [4.78, 5) is 12.7. The molecule has 0 saturated carbocycles. The molecule has 5 nitrogen and oxygen atoms in total. The van der Waals surface area contributed by atoms with E-state index in [9.17, 15) is 4.79 Å². The number of halogens is 1. The van der Waals surface area contributed by atoms with Crippen LogP contribution in [0.3, 0.4) is 0 Å². The smallest absolute Gasteiger partial charge is 0.310 e. The fourth-order valence-corrected chi connectivity index (χ4v) is 4.74. The minimum atomic E-state index is -0.250. The molecule has 140 valence electrons. The van der Waals surface area contributed by atoms with E-state index in [1.807, 2.05) is 30.3 Å². The number of carbonyl (C=O) groups is 1. The van der Waals surface area contributed by atoms with Gasteiger partial charge in [0.05, 0.1) is 25.2 Å². The average Bonchev–Trinajstić information content (AvgIpc) is 3.28. The summed E-state index contributed by atoms with van der Waals surface area (Å²) in [6.45, 7) is 0.835. The molecule has 1 aromatic carbocycles. The summed E-state index contributed by atoms with van der Waals surface area (Å²) in [5, 5.41) is 0. The van der Waals surface area contributed by atoms with Crippen molar-refractivity contribution in [3.63, 3.8) is 0 Å². The van der Waals surface area contributed by atoms with Gasteiger partial charge in [-0.15, -0.1) is 0 Å². The van der Waals surface area contributed by atoms with E-state index in [0.717, 1.165) is 33.4 Å². The zero-order valence-electron chi connectivity index (χ0n) is 14.6. The largest absolute Gasteiger partial charge is 0.500 e. The highest BCUT2D eigenvalue weighted by molar-refractivity contribution is 9.10. The number of rotatable bonds is 3. The van der Waals surface area contributed by atoms with Crippen molar-refractivity contribution in [2.24, 2.45) is 11.8 Å². The molecule has 4 aliphatic rings. The summed E-state index contributed by atoms with van der Waals surface area (Å²) in [6, 6.07) is 7.73. The standard InChI is InChI=1S/C21H19BrO5/c22-15-3-1-2-12(4-15)5-20(23)27-21-16-8-19-18(25-11-26-19)7-13(16)6-14-9-24-10-17(14)21/h1-4,6-7,9,16-17,19,21H,5,8,10-11H2. The summed E-state index contributed by atoms with van der Waals surface area (Å²) < 4.78 is 23.8. The van der Waals surface area contributed by atoms with Crippen LogP contribution in [0.5, 0.6) is 0 Å². The van der Waals surface area contributed by atoms with E-state index in [4.69, 9.17) is 18.9 Å². The SMILES string of the molecule is O=C(Cc1cccc(Br)c1)OC1C2COC=C2C=C2C=C3OCOC3CC21. The first-order chi connectivity index (χ1) is 13.2. The Hall–Kier alpha value is -2.05. The normalized spacial score (nSPS) is 30.6. The number of carbonyl (C=O) groups excluding carboxylic acids is 1. The van der Waals surface area contributed by atoms with Crippen LogP contribution in [0, 0.1) is 11.8 Å². The highest BCUT2D eigenvalue weighted by atomic mass is 79.9. The number of benzene rings is 1. The second-order valence-electron chi connectivity index (χ2n) is 7.27. The molecule has 0 amide bonds. The number of esters is 1. The molecule has 0 radical (unpaired) electrons. The Morgan fingerprint density at radius 1 is 1.22 bits per heavy atom. The van der Waals surface area contributed by atoms with Crippen molar-refractivity contribution in [2.45, 2.75) is 25.0 Å². The summed E-state index contributed by atoms with van der Waals surface area (Å²) >= 11 is 3.44. The summed E-state index contributed by atoms with van der Waals surface area (Å²) in [7, 11) is 0. The van der Waals surface area contributed by atoms with Crippen molar-refractivity contribution in [3.8, 4) is 0 Å². The Bertz CT molecular complexity index is 871. The van der Waals surface area contributed by atoms with E-state index in [1.165, 1.54) is 0 Å². The van der Waals surface area contributed by atoms with Crippen molar-refractivity contribution in [1.82, 2.24) is 0 Å². The monoisotopic (exact) mass is 430 g/mol. The van der Waals surface area contributed by atoms with E-state index in [0.29, 0.717) is 13.4 Å². The fourth-order valence-electron chi connectivity index (χ4n) is 4.29. The second kappa shape index (κ2) is 6.84. The maximum Gasteiger partial charge on any atom is 0.310 e. The maximum absolute atomic E-state index is 12.7. The van der Waals surface area contributed by atoms with Crippen LogP contribution in [0.2, 0.25) is 0 Å². The topological polar surface area (TPSA) is 54.0 Å². The molecule has 0 bridgehead atoms. The van der Waals surface area contributed by atoms with Gasteiger partial charge in [0, 0.05) is 10.4 Å². The molecule has 0 aromatic heterocycles. The third-order valence-corrected chi connectivity index (χ3v) is 6.07. The van der Waals surface area contributed by atoms with Gasteiger partial charge in [-0.05, 0) is 41.3 Å². The molecule has 27 heavy (non-hydrogen) atoms. The minimum absolute atomic E-state index is 0.0497. The van der Waals surface area contributed by atoms with E-state index < -0.39 is 0 Å². The van der Waals surface area contributed by atoms with E-state index in [-0.39, 0.29) is 36.4 Å². The Balaban J connectivity index is 1.38. The first kappa shape index (κ1) is 17.1. The van der Waals surface area contributed by atoms with E-state index in [1.54, 1.807) is 6.26 Å². The predicted molar refractivity (Wildman–Crippen MR) is 100 cm³/mol. The van der Waals surface area contributed by atoms with Crippen molar-refractivity contribution in [1.29, 1.82) is 0 Å². The van der Waals surface area contributed by atoms with Gasteiger partial charge in [0.15, 0.2) is 6.79 Å². The molecule has 2 aliphatic carbocycles. The van der Waals surface area contributed by atoms with Crippen LogP contribution in [0.1, 0.15) is 12.0 Å². The van der Waals surface area contributed by atoms with Crippen molar-refractivity contribution in [3.05, 3.63) is 69.6 Å². The van der Waals surface area contributed by atoms with Gasteiger partial charge in [-0.25, -0.2) is 0 Å². The lowest BCUT2D eigenvalue weighted by molar-refractivity contribution is -0.154. The first-order valence-electron chi connectivity index (χ1n) is 9.10. The van der Waals surface area contributed by atoms with Crippen molar-refractivity contribution >= 4 is 21.9 Å². The van der Waals surface area contributed by atoms with Crippen LogP contribution < -0.4 is 0 Å². The molecule has 6 heteroatoms. The molecule has 4 unspecified atom stereocenters. The lowest BCUT2D eigenvalue weighted by Gasteiger charge is -2.38. The molecule has 4 atom stereocenters. The lowest BCUT2D eigenvalue weighted by Crippen LogP contribution is -2.42. The Morgan fingerprint density at radius 3 is 3.04 bits per heavy atom. The molecule has 2 aliphatic heterocycles. The lowest BCUT2D eigenvalue weighted by atomic mass is 9.72. The molecular formula is C21H19BrO5. The zero-order valence-corrected chi connectivity index (χ0v) is 16.2. The molecule has 0 spiro atoms. The van der Waals surface area contributed by atoms with Gasteiger partial charge in [0.1, 0.15) is 18.0 Å². The molecule has 1 fully saturated rings. The third-order valence-electron chi connectivity index (χ3n) is 5.57. The van der Waals surface area contributed by atoms with E-state index >= 15 is 0 Å². The maximum atomic E-state index is 12.7. The molecule has 5 rings (SSSR count). The van der Waals surface area contributed by atoms with Gasteiger partial charge < -0.3 is 18.9 Å². The average molecular weight is 431 g/mol. The predicted octanol–water partition coefficient (Wildman–Crippen LogP) is 3.65. The van der Waals surface area contributed by atoms with Crippen LogP contribution in [0.25, 0.3) is 0 Å². The van der Waals surface area contributed by atoms with Gasteiger partial charge >= 0.3 is 5.97 Å². The number of allylic oxidation sites excluding steroid dienone is 2. The number of ether oxygens (including phenoxy) is 4. The van der Waals surface area contributed by atoms with Crippen LogP contribution >= 0.6 is 15.9 Å². The fraction of sp³-hybridized carbons (Fsp3) is 0.381. The highest BCUT2D eigenvalue weighted by Gasteiger charge is 2.46. The minimum Gasteiger partial charge on any atom is -0.500 e. The molecular weight excluding hydrogens is 412 g/mol. The molecule has 1 aromatic rings. The number of hydrogen-bond donors (Lipinski definition) is 0. The highest BCUT2D eigenvalue weighted by Crippen LogP contribution is 2.45. The number of fused-ring (bicyclic) bond motifs is 3. The van der Waals surface area contributed by atoms with Gasteiger partial charge in [-0.3, -0.25) is 4.79 Å². The van der Waals surface area contributed by atoms with Crippen molar-refractivity contribution in [2.75, 3.05) is 13.4 Å². The molecule has 1 saturated heterocycles. The van der Waals surface area contributed by atoms with Crippen molar-refractivity contribution < 1.29 is 23.7 Å². The van der Waals surface area contributed by atoms with Gasteiger partial charge in [0.25, 0.3) is 0 Å². The van der Waals surface area contributed by atoms with Crippen LogP contribution in [0.15, 0.2) is 64.1 Å². The Labute approximate surface area is 165 Å². The van der Waals surface area contributed by atoms with Gasteiger partial charge in [0.2, 0.25) is 0 Å². The molecule has 2 heterocycles. The quantitative estimate of drug-likeness (QED) is 0.684. The molecule has 0 N–H and O–H groups in total. The van der Waals surface area contributed by atoms with Crippen LogP contribution in [-0.2, 0) is 30.2 Å². The Morgan fingerprint density at radius 2 is 2.15 bits per heavy atom. The summed E-state index contributed by atoms with van der Waals surface area (Å²) in [5.41, 5.74) is 3.13. The van der Waals surface area contributed by atoms with Gasteiger partial charge in [-0.1, -0.05) is 34.1 Å². The zero-order chi connectivity index (χ0) is 18.4. The van der Waals surface area contributed by atoms with Gasteiger partial charge in [-0.2, -0.15) is 0 Å². The second-order valence-corrected chi connectivity index (χ2v) is 8.19. The van der Waals surface area contributed by atoms with E-state index in [2.05, 4.69) is 22.0 Å². The number of hydrogen-bond acceptors (Lipinski definition) is 5. The first-order valence-corrected chi connectivity index (χ1v) is 9.90. The summed E-state index contributed by atoms with van der Waals surface area (Å²) in [5.74, 6) is 0.817. The third kappa shape index (κ3) is 3.21. The Kier molecular flexibility index (Phi) is 4.32. The van der Waals surface area contributed by atoms with Crippen LogP contribution in [-0.4, -0.2) is 31.6 Å².